The van der Waals surface area contributed by atoms with Crippen molar-refractivity contribution in [2.75, 3.05) is 6.54 Å². The van der Waals surface area contributed by atoms with Gasteiger partial charge in [0.25, 0.3) is 0 Å². The molecule has 1 aliphatic heterocycles. The highest BCUT2D eigenvalue weighted by atomic mass is 32.2. The predicted octanol–water partition coefficient (Wildman–Crippen LogP) is 1.63. The molecule has 106 valence electrons. The third-order valence-electron chi connectivity index (χ3n) is 3.42. The number of hydrogen-bond acceptors (Lipinski definition) is 3. The molecule has 1 fully saturated rings. The first-order chi connectivity index (χ1) is 9.00. The summed E-state index contributed by atoms with van der Waals surface area (Å²) in [6.07, 6.45) is 3.13. The van der Waals surface area contributed by atoms with E-state index in [1.54, 1.807) is 6.92 Å². The van der Waals surface area contributed by atoms with Crippen LogP contribution in [0, 0.1) is 5.82 Å². The van der Waals surface area contributed by atoms with Crippen molar-refractivity contribution in [1.29, 1.82) is 0 Å². The van der Waals surface area contributed by atoms with Crippen LogP contribution in [0.25, 0.3) is 0 Å². The fraction of sp³-hybridized carbons (Fsp3) is 0.538. The lowest BCUT2D eigenvalue weighted by Crippen LogP contribution is -2.50. The summed E-state index contributed by atoms with van der Waals surface area (Å²) >= 11 is 0. The number of piperidine rings is 1. The fourth-order valence-corrected chi connectivity index (χ4v) is 3.72. The Balaban J connectivity index is 2.11. The third-order valence-corrected chi connectivity index (χ3v) is 5.01. The minimum atomic E-state index is -3.80. The van der Waals surface area contributed by atoms with Gasteiger partial charge in [-0.25, -0.2) is 17.5 Å². The molecule has 1 aliphatic rings. The van der Waals surface area contributed by atoms with Gasteiger partial charge in [0.15, 0.2) is 0 Å². The molecule has 2 N–H and O–H groups in total. The second-order valence-electron chi connectivity index (χ2n) is 4.90. The van der Waals surface area contributed by atoms with Gasteiger partial charge in [-0.05, 0) is 38.4 Å². The molecule has 2 rings (SSSR count). The van der Waals surface area contributed by atoms with Gasteiger partial charge in [0, 0.05) is 12.1 Å². The maximum Gasteiger partial charge on any atom is 0.243 e. The third kappa shape index (κ3) is 3.52. The molecule has 1 aromatic rings. The molecule has 0 saturated carbocycles. The fourth-order valence-electron chi connectivity index (χ4n) is 2.36. The number of sulfonamides is 1. The molecule has 2 atom stereocenters. The summed E-state index contributed by atoms with van der Waals surface area (Å²) in [5.74, 6) is -0.723. The Labute approximate surface area is 113 Å². The van der Waals surface area contributed by atoms with E-state index >= 15 is 0 Å². The summed E-state index contributed by atoms with van der Waals surface area (Å²) in [6, 6.07) is 5.26. The quantitative estimate of drug-likeness (QED) is 0.884. The van der Waals surface area contributed by atoms with Crippen LogP contribution in [0.2, 0.25) is 0 Å². The van der Waals surface area contributed by atoms with Gasteiger partial charge in [0.1, 0.15) is 10.7 Å². The van der Waals surface area contributed by atoms with E-state index < -0.39 is 15.8 Å². The molecule has 0 amide bonds. The molecule has 0 aromatic heterocycles. The molecular weight excluding hydrogens is 267 g/mol. The van der Waals surface area contributed by atoms with Crippen molar-refractivity contribution >= 4 is 10.0 Å². The summed E-state index contributed by atoms with van der Waals surface area (Å²) in [4.78, 5) is -0.294. The van der Waals surface area contributed by atoms with Crippen LogP contribution in [0.15, 0.2) is 29.2 Å². The first-order valence-electron chi connectivity index (χ1n) is 6.51. The lowest BCUT2D eigenvalue weighted by atomic mass is 10.00. The molecule has 0 radical (unpaired) electrons. The topological polar surface area (TPSA) is 58.2 Å². The average Bonchev–Trinajstić information content (AvgIpc) is 2.39. The second kappa shape index (κ2) is 5.98. The van der Waals surface area contributed by atoms with E-state index in [0.29, 0.717) is 0 Å². The van der Waals surface area contributed by atoms with Crippen LogP contribution in [0.3, 0.4) is 0 Å². The van der Waals surface area contributed by atoms with Crippen molar-refractivity contribution in [3.05, 3.63) is 30.1 Å². The van der Waals surface area contributed by atoms with E-state index in [2.05, 4.69) is 10.0 Å². The molecule has 0 aliphatic carbocycles. The van der Waals surface area contributed by atoms with Crippen LogP contribution in [0.1, 0.15) is 26.2 Å². The first-order valence-corrected chi connectivity index (χ1v) is 7.99. The van der Waals surface area contributed by atoms with Gasteiger partial charge in [0.05, 0.1) is 0 Å². The van der Waals surface area contributed by atoms with E-state index in [9.17, 15) is 12.8 Å². The number of rotatable bonds is 4. The zero-order chi connectivity index (χ0) is 13.9. The summed E-state index contributed by atoms with van der Waals surface area (Å²) in [6.45, 7) is 2.71. The van der Waals surface area contributed by atoms with Gasteiger partial charge in [-0.3, -0.25) is 0 Å². The maximum atomic E-state index is 13.5. The SMILES string of the molecule is CC(NS(=O)(=O)c1ccccc1F)C1CCCCN1. The zero-order valence-corrected chi connectivity index (χ0v) is 11.7. The highest BCUT2D eigenvalue weighted by molar-refractivity contribution is 7.89. The van der Waals surface area contributed by atoms with Crippen molar-refractivity contribution in [2.24, 2.45) is 0 Å². The summed E-state index contributed by atoms with van der Waals surface area (Å²) < 4.78 is 40.4. The maximum absolute atomic E-state index is 13.5. The van der Waals surface area contributed by atoms with Gasteiger partial charge in [-0.15, -0.1) is 0 Å². The predicted molar refractivity (Wildman–Crippen MR) is 71.8 cm³/mol. The summed E-state index contributed by atoms with van der Waals surface area (Å²) in [7, 11) is -3.80. The van der Waals surface area contributed by atoms with Gasteiger partial charge in [-0.1, -0.05) is 18.6 Å². The van der Waals surface area contributed by atoms with Gasteiger partial charge in [0.2, 0.25) is 10.0 Å². The van der Waals surface area contributed by atoms with Gasteiger partial charge >= 0.3 is 0 Å². The Morgan fingerprint density at radius 1 is 1.37 bits per heavy atom. The molecule has 1 heterocycles. The second-order valence-corrected chi connectivity index (χ2v) is 6.58. The van der Waals surface area contributed by atoms with Crippen LogP contribution >= 0.6 is 0 Å². The van der Waals surface area contributed by atoms with Crippen LogP contribution in [-0.4, -0.2) is 27.0 Å². The Hall–Kier alpha value is -0.980. The molecule has 4 nitrogen and oxygen atoms in total. The van der Waals surface area contributed by atoms with E-state index in [4.69, 9.17) is 0 Å². The van der Waals surface area contributed by atoms with Gasteiger partial charge in [-0.2, -0.15) is 0 Å². The molecule has 0 spiro atoms. The Morgan fingerprint density at radius 2 is 2.11 bits per heavy atom. The molecular formula is C13H19FN2O2S. The normalized spacial score (nSPS) is 22.1. The number of benzene rings is 1. The Bertz CT molecular complexity index is 527. The van der Waals surface area contributed by atoms with Crippen molar-refractivity contribution in [2.45, 2.75) is 43.2 Å². The van der Waals surface area contributed by atoms with Crippen LogP contribution in [-0.2, 0) is 10.0 Å². The summed E-state index contributed by atoms with van der Waals surface area (Å²) in [5, 5.41) is 3.29. The molecule has 1 aromatic carbocycles. The Kier molecular flexibility index (Phi) is 4.54. The molecule has 0 bridgehead atoms. The monoisotopic (exact) mass is 286 g/mol. The number of halogens is 1. The smallest absolute Gasteiger partial charge is 0.243 e. The van der Waals surface area contributed by atoms with Crippen LogP contribution in [0.5, 0.6) is 0 Å². The highest BCUT2D eigenvalue weighted by Gasteiger charge is 2.26. The van der Waals surface area contributed by atoms with E-state index in [1.165, 1.54) is 18.2 Å². The van der Waals surface area contributed by atoms with E-state index in [0.717, 1.165) is 31.9 Å². The number of hydrogen-bond donors (Lipinski definition) is 2. The lowest BCUT2D eigenvalue weighted by Gasteiger charge is -2.29. The largest absolute Gasteiger partial charge is 0.312 e. The minimum absolute atomic E-state index is 0.107. The van der Waals surface area contributed by atoms with Crippen LogP contribution < -0.4 is 10.0 Å². The molecule has 1 saturated heterocycles. The standard InChI is InChI=1S/C13H19FN2O2S/c1-10(12-7-4-5-9-15-12)16-19(17,18)13-8-3-2-6-11(13)14/h2-3,6,8,10,12,15-16H,4-5,7,9H2,1H3. The van der Waals surface area contributed by atoms with Crippen molar-refractivity contribution in [1.82, 2.24) is 10.0 Å². The Morgan fingerprint density at radius 3 is 2.74 bits per heavy atom. The summed E-state index contributed by atoms with van der Waals surface area (Å²) in [5.41, 5.74) is 0. The minimum Gasteiger partial charge on any atom is -0.312 e. The highest BCUT2D eigenvalue weighted by Crippen LogP contribution is 2.16. The first kappa shape index (κ1) is 14.4. The molecule has 6 heteroatoms. The average molecular weight is 286 g/mol. The number of nitrogens with one attached hydrogen (secondary N) is 2. The van der Waals surface area contributed by atoms with Crippen molar-refractivity contribution < 1.29 is 12.8 Å². The van der Waals surface area contributed by atoms with Crippen molar-refractivity contribution in [3.63, 3.8) is 0 Å². The van der Waals surface area contributed by atoms with Crippen LogP contribution in [0.4, 0.5) is 4.39 Å². The molecule has 2 unspecified atom stereocenters. The van der Waals surface area contributed by atoms with Gasteiger partial charge < -0.3 is 5.32 Å². The van der Waals surface area contributed by atoms with E-state index in [-0.39, 0.29) is 17.0 Å². The van der Waals surface area contributed by atoms with E-state index in [1.807, 2.05) is 0 Å². The lowest BCUT2D eigenvalue weighted by molar-refractivity contribution is 0.346. The van der Waals surface area contributed by atoms with Crippen molar-refractivity contribution in [3.8, 4) is 0 Å². The molecule has 19 heavy (non-hydrogen) atoms. The zero-order valence-electron chi connectivity index (χ0n) is 10.9.